The van der Waals surface area contributed by atoms with Gasteiger partial charge in [-0.3, -0.25) is 9.78 Å². The van der Waals surface area contributed by atoms with Gasteiger partial charge in [-0.2, -0.15) is 0 Å². The zero-order valence-corrected chi connectivity index (χ0v) is 10.9. The number of hydrogen-bond donors (Lipinski definition) is 2. The van der Waals surface area contributed by atoms with E-state index in [4.69, 9.17) is 5.73 Å². The Bertz CT molecular complexity index is 327. The Morgan fingerprint density at radius 1 is 1.22 bits per heavy atom. The molecule has 0 bridgehead atoms. The monoisotopic (exact) mass is 249 g/mol. The van der Waals surface area contributed by atoms with E-state index in [2.05, 4.69) is 10.3 Å². The number of pyridine rings is 1. The number of carbonyl (C=O) groups excluding carboxylic acids is 1. The third kappa shape index (κ3) is 7.01. The molecule has 0 atom stereocenters. The highest BCUT2D eigenvalue weighted by molar-refractivity contribution is 5.75. The van der Waals surface area contributed by atoms with Crippen LogP contribution in [-0.2, 0) is 11.2 Å². The molecule has 1 amide bonds. The summed E-state index contributed by atoms with van der Waals surface area (Å²) >= 11 is 0. The Morgan fingerprint density at radius 2 is 2.06 bits per heavy atom. The first-order valence-electron chi connectivity index (χ1n) is 6.69. The number of carbonyl (C=O) groups is 1. The number of rotatable bonds is 9. The second kappa shape index (κ2) is 9.59. The summed E-state index contributed by atoms with van der Waals surface area (Å²) < 4.78 is 0. The van der Waals surface area contributed by atoms with E-state index in [1.54, 1.807) is 6.20 Å². The second-order valence-corrected chi connectivity index (χ2v) is 4.37. The largest absolute Gasteiger partial charge is 0.356 e. The lowest BCUT2D eigenvalue weighted by Crippen LogP contribution is -2.25. The molecule has 18 heavy (non-hydrogen) atoms. The lowest BCUT2D eigenvalue weighted by molar-refractivity contribution is -0.121. The average Bonchev–Trinajstić information content (AvgIpc) is 2.40. The molecule has 0 radical (unpaired) electrons. The number of amides is 1. The van der Waals surface area contributed by atoms with Gasteiger partial charge in [-0.15, -0.1) is 0 Å². The van der Waals surface area contributed by atoms with Crippen molar-refractivity contribution >= 4 is 5.91 Å². The van der Waals surface area contributed by atoms with Gasteiger partial charge in [0.2, 0.25) is 5.91 Å². The predicted octanol–water partition coefficient (Wildman–Crippen LogP) is 1.65. The molecule has 1 rings (SSSR count). The van der Waals surface area contributed by atoms with Crippen molar-refractivity contribution in [3.63, 3.8) is 0 Å². The maximum absolute atomic E-state index is 11.5. The molecule has 0 aliphatic rings. The topological polar surface area (TPSA) is 68.0 Å². The standard InChI is InChI=1S/C14H23N3O/c15-10-5-2-1-3-8-14(18)17-12-9-13-7-4-6-11-16-13/h4,6-7,11H,1-3,5,8-10,12,15H2,(H,17,18). The third-order valence-electron chi connectivity index (χ3n) is 2.79. The van der Waals surface area contributed by atoms with Crippen LogP contribution in [0.4, 0.5) is 0 Å². The normalized spacial score (nSPS) is 10.3. The van der Waals surface area contributed by atoms with E-state index in [-0.39, 0.29) is 5.91 Å². The van der Waals surface area contributed by atoms with Gasteiger partial charge in [0.15, 0.2) is 0 Å². The van der Waals surface area contributed by atoms with Crippen molar-refractivity contribution in [2.45, 2.75) is 38.5 Å². The molecule has 4 heteroatoms. The zero-order valence-electron chi connectivity index (χ0n) is 10.9. The van der Waals surface area contributed by atoms with Crippen molar-refractivity contribution in [2.24, 2.45) is 5.73 Å². The van der Waals surface area contributed by atoms with Crippen LogP contribution in [0.5, 0.6) is 0 Å². The van der Waals surface area contributed by atoms with E-state index in [0.29, 0.717) is 13.0 Å². The number of aromatic nitrogens is 1. The molecule has 0 aromatic carbocycles. The van der Waals surface area contributed by atoms with Gasteiger partial charge in [0, 0.05) is 31.3 Å². The Kier molecular flexibility index (Phi) is 7.80. The second-order valence-electron chi connectivity index (χ2n) is 4.37. The Hall–Kier alpha value is -1.42. The minimum atomic E-state index is 0.138. The molecular weight excluding hydrogens is 226 g/mol. The summed E-state index contributed by atoms with van der Waals surface area (Å²) in [5, 5.41) is 2.92. The molecule has 0 saturated heterocycles. The maximum atomic E-state index is 11.5. The van der Waals surface area contributed by atoms with Gasteiger partial charge in [-0.1, -0.05) is 18.9 Å². The van der Waals surface area contributed by atoms with Crippen LogP contribution in [0.1, 0.15) is 37.8 Å². The Balaban J connectivity index is 2.00. The van der Waals surface area contributed by atoms with Gasteiger partial charge in [0.1, 0.15) is 0 Å². The van der Waals surface area contributed by atoms with Gasteiger partial charge in [-0.05, 0) is 31.5 Å². The fourth-order valence-electron chi connectivity index (χ4n) is 1.75. The fraction of sp³-hybridized carbons (Fsp3) is 0.571. The third-order valence-corrected chi connectivity index (χ3v) is 2.79. The summed E-state index contributed by atoms with van der Waals surface area (Å²) in [4.78, 5) is 15.7. The van der Waals surface area contributed by atoms with E-state index in [0.717, 1.165) is 44.3 Å². The molecule has 0 aliphatic heterocycles. The molecule has 0 fully saturated rings. The van der Waals surface area contributed by atoms with E-state index >= 15 is 0 Å². The van der Waals surface area contributed by atoms with E-state index in [1.165, 1.54) is 0 Å². The molecular formula is C14H23N3O. The quantitative estimate of drug-likeness (QED) is 0.654. The smallest absolute Gasteiger partial charge is 0.220 e. The van der Waals surface area contributed by atoms with Crippen LogP contribution < -0.4 is 11.1 Å². The van der Waals surface area contributed by atoms with Crippen LogP contribution in [0, 0.1) is 0 Å². The molecule has 1 aromatic heterocycles. The Labute approximate surface area is 109 Å². The number of nitrogens with two attached hydrogens (primary N) is 1. The highest BCUT2D eigenvalue weighted by Crippen LogP contribution is 2.02. The number of nitrogens with one attached hydrogen (secondary N) is 1. The van der Waals surface area contributed by atoms with Crippen LogP contribution in [0.2, 0.25) is 0 Å². The lowest BCUT2D eigenvalue weighted by Gasteiger charge is -2.04. The van der Waals surface area contributed by atoms with Gasteiger partial charge in [0.25, 0.3) is 0 Å². The molecule has 1 aromatic rings. The summed E-state index contributed by atoms with van der Waals surface area (Å²) in [5.41, 5.74) is 6.42. The number of unbranched alkanes of at least 4 members (excludes halogenated alkanes) is 3. The van der Waals surface area contributed by atoms with Gasteiger partial charge >= 0.3 is 0 Å². The average molecular weight is 249 g/mol. The van der Waals surface area contributed by atoms with Crippen molar-refractivity contribution in [3.05, 3.63) is 30.1 Å². The zero-order chi connectivity index (χ0) is 13.1. The minimum absolute atomic E-state index is 0.138. The SMILES string of the molecule is NCCCCCCC(=O)NCCc1ccccn1. The van der Waals surface area contributed by atoms with Crippen LogP contribution in [0.3, 0.4) is 0 Å². The highest BCUT2D eigenvalue weighted by atomic mass is 16.1. The van der Waals surface area contributed by atoms with Crippen LogP contribution in [-0.4, -0.2) is 24.0 Å². The van der Waals surface area contributed by atoms with Crippen LogP contribution >= 0.6 is 0 Å². The minimum Gasteiger partial charge on any atom is -0.356 e. The molecule has 3 N–H and O–H groups in total. The van der Waals surface area contributed by atoms with Crippen molar-refractivity contribution in [3.8, 4) is 0 Å². The molecule has 100 valence electrons. The van der Waals surface area contributed by atoms with Crippen molar-refractivity contribution in [2.75, 3.05) is 13.1 Å². The van der Waals surface area contributed by atoms with Gasteiger partial charge in [-0.25, -0.2) is 0 Å². The van der Waals surface area contributed by atoms with Crippen LogP contribution in [0.15, 0.2) is 24.4 Å². The first-order chi connectivity index (χ1) is 8.83. The van der Waals surface area contributed by atoms with E-state index in [1.807, 2.05) is 18.2 Å². The summed E-state index contributed by atoms with van der Waals surface area (Å²) in [7, 11) is 0. The molecule has 1 heterocycles. The Morgan fingerprint density at radius 3 is 2.78 bits per heavy atom. The summed E-state index contributed by atoms with van der Waals surface area (Å²) in [6.07, 6.45) is 7.40. The van der Waals surface area contributed by atoms with Crippen molar-refractivity contribution < 1.29 is 4.79 Å². The maximum Gasteiger partial charge on any atom is 0.220 e. The van der Waals surface area contributed by atoms with Crippen molar-refractivity contribution in [1.29, 1.82) is 0 Å². The fourth-order valence-corrected chi connectivity index (χ4v) is 1.75. The summed E-state index contributed by atoms with van der Waals surface area (Å²) in [6.45, 7) is 1.41. The summed E-state index contributed by atoms with van der Waals surface area (Å²) in [6, 6.07) is 5.82. The molecule has 0 spiro atoms. The lowest BCUT2D eigenvalue weighted by atomic mass is 10.1. The van der Waals surface area contributed by atoms with Crippen molar-refractivity contribution in [1.82, 2.24) is 10.3 Å². The summed E-state index contributed by atoms with van der Waals surface area (Å²) in [5.74, 6) is 0.138. The van der Waals surface area contributed by atoms with Crippen LogP contribution in [0.25, 0.3) is 0 Å². The first kappa shape index (κ1) is 14.6. The molecule has 0 aliphatic carbocycles. The molecule has 0 unspecified atom stereocenters. The van der Waals surface area contributed by atoms with Gasteiger partial charge in [0.05, 0.1) is 0 Å². The first-order valence-corrected chi connectivity index (χ1v) is 6.69. The number of nitrogens with zero attached hydrogens (tertiary/aromatic N) is 1. The highest BCUT2D eigenvalue weighted by Gasteiger charge is 2.00. The van der Waals surface area contributed by atoms with Gasteiger partial charge < -0.3 is 11.1 Å². The van der Waals surface area contributed by atoms with E-state index < -0.39 is 0 Å². The predicted molar refractivity (Wildman–Crippen MR) is 73.1 cm³/mol. The number of hydrogen-bond acceptors (Lipinski definition) is 3. The molecule has 0 saturated carbocycles. The molecule has 4 nitrogen and oxygen atoms in total. The van der Waals surface area contributed by atoms with E-state index in [9.17, 15) is 4.79 Å².